The standard InChI is InChI=1S/C10H4Cl2F3N3O/c11-8-16-7(17-9(12)18-8)5-1-3-6(4-2-5)19-10(13,14)15/h1-4H. The van der Waals surface area contributed by atoms with Crippen LogP contribution in [0.4, 0.5) is 13.2 Å². The smallest absolute Gasteiger partial charge is 0.406 e. The molecule has 0 saturated carbocycles. The van der Waals surface area contributed by atoms with E-state index in [2.05, 4.69) is 19.7 Å². The lowest BCUT2D eigenvalue weighted by Crippen LogP contribution is -2.16. The van der Waals surface area contributed by atoms with Crippen molar-refractivity contribution in [2.45, 2.75) is 6.36 Å². The molecule has 0 saturated heterocycles. The summed E-state index contributed by atoms with van der Waals surface area (Å²) in [6, 6.07) is 4.97. The lowest BCUT2D eigenvalue weighted by atomic mass is 10.2. The van der Waals surface area contributed by atoms with Gasteiger partial charge < -0.3 is 4.74 Å². The highest BCUT2D eigenvalue weighted by molar-refractivity contribution is 6.31. The SMILES string of the molecule is FC(F)(F)Oc1ccc(-c2nc(Cl)nc(Cl)n2)cc1. The molecule has 4 nitrogen and oxygen atoms in total. The van der Waals surface area contributed by atoms with Gasteiger partial charge in [-0.05, 0) is 47.5 Å². The van der Waals surface area contributed by atoms with Crippen molar-refractivity contribution < 1.29 is 17.9 Å². The Kier molecular flexibility index (Phi) is 3.77. The summed E-state index contributed by atoms with van der Waals surface area (Å²) in [4.78, 5) is 11.2. The van der Waals surface area contributed by atoms with E-state index >= 15 is 0 Å². The molecular weight excluding hydrogens is 306 g/mol. The maximum atomic E-state index is 12.0. The molecule has 2 rings (SSSR count). The summed E-state index contributed by atoms with van der Waals surface area (Å²) in [5.41, 5.74) is 0.431. The van der Waals surface area contributed by atoms with E-state index in [1.54, 1.807) is 0 Å². The molecule has 0 bridgehead atoms. The quantitative estimate of drug-likeness (QED) is 0.847. The van der Waals surface area contributed by atoms with Crippen molar-refractivity contribution in [3.05, 3.63) is 34.8 Å². The zero-order chi connectivity index (χ0) is 14.0. The van der Waals surface area contributed by atoms with Gasteiger partial charge in [0.15, 0.2) is 5.82 Å². The van der Waals surface area contributed by atoms with E-state index in [1.807, 2.05) is 0 Å². The minimum absolute atomic E-state index is 0.106. The van der Waals surface area contributed by atoms with E-state index in [0.717, 1.165) is 12.1 Å². The highest BCUT2D eigenvalue weighted by atomic mass is 35.5. The van der Waals surface area contributed by atoms with Crippen molar-refractivity contribution in [3.63, 3.8) is 0 Å². The number of alkyl halides is 3. The number of rotatable bonds is 2. The average Bonchev–Trinajstić information content (AvgIpc) is 2.26. The van der Waals surface area contributed by atoms with Gasteiger partial charge in [0, 0.05) is 5.56 Å². The molecule has 0 aliphatic carbocycles. The Hall–Kier alpha value is -1.60. The highest BCUT2D eigenvalue weighted by Crippen LogP contribution is 2.25. The van der Waals surface area contributed by atoms with Gasteiger partial charge in [-0.2, -0.15) is 15.0 Å². The molecule has 0 N–H and O–H groups in total. The molecule has 1 aromatic heterocycles. The molecule has 19 heavy (non-hydrogen) atoms. The van der Waals surface area contributed by atoms with Gasteiger partial charge in [0.2, 0.25) is 10.6 Å². The Morgan fingerprint density at radius 3 is 1.89 bits per heavy atom. The van der Waals surface area contributed by atoms with Crippen molar-refractivity contribution in [2.75, 3.05) is 0 Å². The van der Waals surface area contributed by atoms with Gasteiger partial charge in [0.1, 0.15) is 5.75 Å². The van der Waals surface area contributed by atoms with Crippen LogP contribution in [0, 0.1) is 0 Å². The predicted octanol–water partition coefficient (Wildman–Crippen LogP) is 3.74. The third kappa shape index (κ3) is 3.93. The number of hydrogen-bond acceptors (Lipinski definition) is 4. The first-order valence-electron chi connectivity index (χ1n) is 4.77. The van der Waals surface area contributed by atoms with Gasteiger partial charge in [-0.15, -0.1) is 13.2 Å². The van der Waals surface area contributed by atoms with Gasteiger partial charge in [-0.1, -0.05) is 0 Å². The molecule has 100 valence electrons. The number of nitrogens with zero attached hydrogens (tertiary/aromatic N) is 3. The molecule has 0 fully saturated rings. The lowest BCUT2D eigenvalue weighted by Gasteiger charge is -2.08. The first-order chi connectivity index (χ1) is 8.83. The Morgan fingerprint density at radius 1 is 0.895 bits per heavy atom. The summed E-state index contributed by atoms with van der Waals surface area (Å²) in [7, 11) is 0. The van der Waals surface area contributed by atoms with Crippen LogP contribution in [-0.4, -0.2) is 21.3 Å². The van der Waals surface area contributed by atoms with Gasteiger partial charge in [-0.3, -0.25) is 0 Å². The monoisotopic (exact) mass is 309 g/mol. The predicted molar refractivity (Wildman–Crippen MR) is 62.0 cm³/mol. The van der Waals surface area contributed by atoms with E-state index in [0.29, 0.717) is 5.56 Å². The molecule has 0 aliphatic heterocycles. The van der Waals surface area contributed by atoms with Crippen LogP contribution in [0.2, 0.25) is 10.6 Å². The highest BCUT2D eigenvalue weighted by Gasteiger charge is 2.30. The summed E-state index contributed by atoms with van der Waals surface area (Å²) >= 11 is 11.2. The summed E-state index contributed by atoms with van der Waals surface area (Å²) in [5.74, 6) is -0.189. The van der Waals surface area contributed by atoms with Crippen molar-refractivity contribution in [3.8, 4) is 17.1 Å². The summed E-state index contributed by atoms with van der Waals surface area (Å²) < 4.78 is 39.7. The Labute approximate surface area is 115 Å². The van der Waals surface area contributed by atoms with Crippen LogP contribution in [-0.2, 0) is 0 Å². The third-order valence-electron chi connectivity index (χ3n) is 1.93. The molecule has 2 aromatic rings. The fourth-order valence-electron chi connectivity index (χ4n) is 1.26. The number of ether oxygens (including phenoxy) is 1. The maximum absolute atomic E-state index is 12.0. The van der Waals surface area contributed by atoms with E-state index in [9.17, 15) is 13.2 Å². The molecule has 0 unspecified atom stereocenters. The molecule has 0 spiro atoms. The minimum atomic E-state index is -4.73. The van der Waals surface area contributed by atoms with Crippen molar-refractivity contribution in [2.24, 2.45) is 0 Å². The van der Waals surface area contributed by atoms with E-state index in [4.69, 9.17) is 23.2 Å². The van der Waals surface area contributed by atoms with Crippen molar-refractivity contribution >= 4 is 23.2 Å². The zero-order valence-electron chi connectivity index (χ0n) is 8.95. The minimum Gasteiger partial charge on any atom is -0.406 e. The van der Waals surface area contributed by atoms with Gasteiger partial charge in [0.05, 0.1) is 0 Å². The molecule has 0 aliphatic rings. The van der Waals surface area contributed by atoms with Gasteiger partial charge >= 0.3 is 6.36 Å². The largest absolute Gasteiger partial charge is 0.573 e. The third-order valence-corrected chi connectivity index (χ3v) is 2.26. The fraction of sp³-hybridized carbons (Fsp3) is 0.100. The Morgan fingerprint density at radius 2 is 1.42 bits per heavy atom. The Balaban J connectivity index is 2.27. The lowest BCUT2D eigenvalue weighted by molar-refractivity contribution is -0.274. The fourth-order valence-corrected chi connectivity index (χ4v) is 1.62. The van der Waals surface area contributed by atoms with Gasteiger partial charge in [-0.25, -0.2) is 0 Å². The van der Waals surface area contributed by atoms with Crippen LogP contribution in [0.25, 0.3) is 11.4 Å². The number of halogens is 5. The molecule has 0 radical (unpaired) electrons. The Bertz CT molecular complexity index is 569. The zero-order valence-corrected chi connectivity index (χ0v) is 10.5. The summed E-state index contributed by atoms with van der Waals surface area (Å²) in [6.45, 7) is 0. The van der Waals surface area contributed by atoms with Crippen LogP contribution >= 0.6 is 23.2 Å². The van der Waals surface area contributed by atoms with Crippen molar-refractivity contribution in [1.29, 1.82) is 0 Å². The molecule has 0 amide bonds. The van der Waals surface area contributed by atoms with Crippen LogP contribution in [0.1, 0.15) is 0 Å². The normalized spacial score (nSPS) is 11.4. The van der Waals surface area contributed by atoms with Gasteiger partial charge in [0.25, 0.3) is 0 Å². The maximum Gasteiger partial charge on any atom is 0.573 e. The molecular formula is C10H4Cl2F3N3O. The van der Waals surface area contributed by atoms with Crippen LogP contribution < -0.4 is 4.74 Å². The topological polar surface area (TPSA) is 47.9 Å². The molecule has 1 heterocycles. The number of benzene rings is 1. The van der Waals surface area contributed by atoms with Crippen LogP contribution in [0.5, 0.6) is 5.75 Å². The molecule has 9 heteroatoms. The van der Waals surface area contributed by atoms with E-state index < -0.39 is 6.36 Å². The number of aromatic nitrogens is 3. The second kappa shape index (κ2) is 5.18. The second-order valence-electron chi connectivity index (χ2n) is 3.27. The second-order valence-corrected chi connectivity index (χ2v) is 3.95. The van der Waals surface area contributed by atoms with E-state index in [-0.39, 0.29) is 22.1 Å². The van der Waals surface area contributed by atoms with Crippen LogP contribution in [0.3, 0.4) is 0 Å². The summed E-state index contributed by atoms with van der Waals surface area (Å²) in [6.07, 6.45) is -4.73. The molecule has 0 atom stereocenters. The summed E-state index contributed by atoms with van der Waals surface area (Å²) in [5, 5.41) is -0.212. The average molecular weight is 310 g/mol. The molecule has 1 aromatic carbocycles. The van der Waals surface area contributed by atoms with Crippen molar-refractivity contribution in [1.82, 2.24) is 15.0 Å². The van der Waals surface area contributed by atoms with Crippen LogP contribution in [0.15, 0.2) is 24.3 Å². The first kappa shape index (κ1) is 13.8. The first-order valence-corrected chi connectivity index (χ1v) is 5.52. The number of hydrogen-bond donors (Lipinski definition) is 0. The van der Waals surface area contributed by atoms with E-state index in [1.165, 1.54) is 12.1 Å².